The van der Waals surface area contributed by atoms with Crippen LogP contribution in [-0.2, 0) is 0 Å². The molecule has 1 aliphatic rings. The summed E-state index contributed by atoms with van der Waals surface area (Å²) in [5, 5.41) is 3.90. The van der Waals surface area contributed by atoms with Crippen molar-refractivity contribution in [3.05, 3.63) is 40.8 Å². The Balaban J connectivity index is 2.42. The van der Waals surface area contributed by atoms with Gasteiger partial charge in [0, 0.05) is 5.56 Å². The van der Waals surface area contributed by atoms with Gasteiger partial charge in [-0.2, -0.15) is 0 Å². The van der Waals surface area contributed by atoms with Crippen molar-refractivity contribution >= 4 is 23.6 Å². The number of aliphatic imine (C=N–C) groups is 1. The Morgan fingerprint density at radius 2 is 2.15 bits per heavy atom. The van der Waals surface area contributed by atoms with Crippen LogP contribution in [0.25, 0.3) is 5.70 Å². The van der Waals surface area contributed by atoms with Crippen LogP contribution in [0.4, 0.5) is 4.39 Å². The van der Waals surface area contributed by atoms with Gasteiger partial charge in [-0.05, 0) is 12.1 Å². The standard InChI is InChI=1S/C9H5ClFN2/c10-7-2-1-6(3-8(7)11)9-4-12-5-13-9/h1-5H. The summed E-state index contributed by atoms with van der Waals surface area (Å²) < 4.78 is 13.0. The summed E-state index contributed by atoms with van der Waals surface area (Å²) in [5.41, 5.74) is 1.33. The maximum atomic E-state index is 13.0. The number of benzene rings is 1. The van der Waals surface area contributed by atoms with E-state index in [0.29, 0.717) is 11.3 Å². The van der Waals surface area contributed by atoms with Gasteiger partial charge < -0.3 is 0 Å². The van der Waals surface area contributed by atoms with E-state index in [2.05, 4.69) is 10.3 Å². The Kier molecular flexibility index (Phi) is 2.02. The summed E-state index contributed by atoms with van der Waals surface area (Å²) in [6.45, 7) is 0. The van der Waals surface area contributed by atoms with Crippen LogP contribution in [0.1, 0.15) is 5.56 Å². The Morgan fingerprint density at radius 3 is 2.77 bits per heavy atom. The third kappa shape index (κ3) is 1.55. The molecule has 2 rings (SSSR count). The van der Waals surface area contributed by atoms with Crippen LogP contribution in [0.15, 0.2) is 29.4 Å². The highest BCUT2D eigenvalue weighted by atomic mass is 35.5. The predicted molar refractivity (Wildman–Crippen MR) is 50.0 cm³/mol. The molecule has 1 heterocycles. The Bertz CT molecular complexity index is 399. The van der Waals surface area contributed by atoms with E-state index in [1.807, 2.05) is 0 Å². The van der Waals surface area contributed by atoms with Crippen LogP contribution in [-0.4, -0.2) is 6.34 Å². The van der Waals surface area contributed by atoms with E-state index < -0.39 is 5.82 Å². The molecular formula is C9H5ClFN2. The summed E-state index contributed by atoms with van der Waals surface area (Å²) in [6, 6.07) is 4.54. The highest BCUT2D eigenvalue weighted by molar-refractivity contribution is 6.30. The molecule has 2 nitrogen and oxygen atoms in total. The molecule has 65 valence electrons. The van der Waals surface area contributed by atoms with Crippen molar-refractivity contribution in [3.8, 4) is 0 Å². The van der Waals surface area contributed by atoms with E-state index in [-0.39, 0.29) is 5.02 Å². The molecule has 1 aliphatic heterocycles. The first kappa shape index (κ1) is 8.26. The molecular weight excluding hydrogens is 191 g/mol. The first-order chi connectivity index (χ1) is 6.27. The summed E-state index contributed by atoms with van der Waals surface area (Å²) in [5.74, 6) is -0.442. The maximum absolute atomic E-state index is 13.0. The smallest absolute Gasteiger partial charge is 0.142 e. The molecule has 1 radical (unpaired) electrons. The van der Waals surface area contributed by atoms with E-state index in [0.717, 1.165) is 0 Å². The zero-order valence-corrected chi connectivity index (χ0v) is 7.29. The molecule has 0 bridgehead atoms. The first-order valence-corrected chi connectivity index (χ1v) is 4.03. The Labute approximate surface area is 79.7 Å². The predicted octanol–water partition coefficient (Wildman–Crippen LogP) is 2.42. The van der Waals surface area contributed by atoms with Gasteiger partial charge in [-0.3, -0.25) is 0 Å². The van der Waals surface area contributed by atoms with Gasteiger partial charge in [0.05, 0.1) is 16.9 Å². The molecule has 4 heteroatoms. The molecule has 0 atom stereocenters. The molecule has 0 aromatic heterocycles. The Morgan fingerprint density at radius 1 is 1.31 bits per heavy atom. The van der Waals surface area contributed by atoms with Crippen LogP contribution < -0.4 is 5.32 Å². The number of rotatable bonds is 1. The van der Waals surface area contributed by atoms with E-state index >= 15 is 0 Å². The second kappa shape index (κ2) is 3.18. The lowest BCUT2D eigenvalue weighted by Crippen LogP contribution is -1.83. The SMILES string of the molecule is Fc1cc(C2=C[N]C=N2)ccc1Cl. The largest absolute Gasteiger partial charge is 0.243 e. The molecule has 0 spiro atoms. The summed E-state index contributed by atoms with van der Waals surface area (Å²) in [7, 11) is 0. The average Bonchev–Trinajstić information content (AvgIpc) is 2.62. The molecule has 0 amide bonds. The Hall–Kier alpha value is -1.35. The van der Waals surface area contributed by atoms with Crippen LogP contribution in [0.3, 0.4) is 0 Å². The van der Waals surface area contributed by atoms with Gasteiger partial charge >= 0.3 is 0 Å². The normalized spacial score (nSPS) is 14.2. The summed E-state index contributed by atoms with van der Waals surface area (Å²) >= 11 is 5.53. The lowest BCUT2D eigenvalue weighted by molar-refractivity contribution is 0.628. The third-order valence-corrected chi connectivity index (χ3v) is 1.98. The third-order valence-electron chi connectivity index (χ3n) is 1.68. The van der Waals surface area contributed by atoms with Gasteiger partial charge in [0.2, 0.25) is 0 Å². The zero-order chi connectivity index (χ0) is 9.26. The fraction of sp³-hybridized carbons (Fsp3) is 0. The van der Waals surface area contributed by atoms with Crippen molar-refractivity contribution in [1.82, 2.24) is 5.32 Å². The van der Waals surface area contributed by atoms with E-state index in [9.17, 15) is 4.39 Å². The molecule has 0 fully saturated rings. The van der Waals surface area contributed by atoms with Crippen molar-refractivity contribution in [3.63, 3.8) is 0 Å². The lowest BCUT2D eigenvalue weighted by Gasteiger charge is -1.99. The molecule has 0 saturated heterocycles. The number of nitrogens with zero attached hydrogens (tertiary/aromatic N) is 2. The number of halogens is 2. The summed E-state index contributed by atoms with van der Waals surface area (Å²) in [4.78, 5) is 3.94. The van der Waals surface area contributed by atoms with Crippen LogP contribution >= 0.6 is 11.6 Å². The van der Waals surface area contributed by atoms with Gasteiger partial charge in [0.25, 0.3) is 0 Å². The van der Waals surface area contributed by atoms with Crippen molar-refractivity contribution in [2.75, 3.05) is 0 Å². The van der Waals surface area contributed by atoms with Crippen LogP contribution in [0.5, 0.6) is 0 Å². The maximum Gasteiger partial charge on any atom is 0.142 e. The minimum Gasteiger partial charge on any atom is -0.243 e. The quantitative estimate of drug-likeness (QED) is 0.658. The van der Waals surface area contributed by atoms with Crippen molar-refractivity contribution in [2.24, 2.45) is 4.99 Å². The second-order valence-corrected chi connectivity index (χ2v) is 2.94. The van der Waals surface area contributed by atoms with Gasteiger partial charge in [0.1, 0.15) is 12.2 Å². The highest BCUT2D eigenvalue weighted by Gasteiger charge is 2.06. The molecule has 0 aliphatic carbocycles. The van der Waals surface area contributed by atoms with E-state index in [1.165, 1.54) is 18.5 Å². The molecule has 13 heavy (non-hydrogen) atoms. The minimum atomic E-state index is -0.442. The second-order valence-electron chi connectivity index (χ2n) is 2.54. The molecule has 0 unspecified atom stereocenters. The van der Waals surface area contributed by atoms with Crippen molar-refractivity contribution in [1.29, 1.82) is 0 Å². The average molecular weight is 196 g/mol. The first-order valence-electron chi connectivity index (χ1n) is 3.65. The van der Waals surface area contributed by atoms with E-state index in [1.54, 1.807) is 12.3 Å². The van der Waals surface area contributed by atoms with Gasteiger partial charge in [-0.15, -0.1) is 0 Å². The van der Waals surface area contributed by atoms with Gasteiger partial charge in [-0.25, -0.2) is 14.7 Å². The zero-order valence-electron chi connectivity index (χ0n) is 6.54. The van der Waals surface area contributed by atoms with Gasteiger partial charge in [0.15, 0.2) is 0 Å². The van der Waals surface area contributed by atoms with Crippen molar-refractivity contribution < 1.29 is 4.39 Å². The number of hydrogen-bond donors (Lipinski definition) is 0. The monoisotopic (exact) mass is 195 g/mol. The van der Waals surface area contributed by atoms with Crippen LogP contribution in [0, 0.1) is 5.82 Å². The minimum absolute atomic E-state index is 0.114. The molecule has 1 aromatic carbocycles. The van der Waals surface area contributed by atoms with Gasteiger partial charge in [-0.1, -0.05) is 17.7 Å². The fourth-order valence-electron chi connectivity index (χ4n) is 1.04. The highest BCUT2D eigenvalue weighted by Crippen LogP contribution is 2.22. The summed E-state index contributed by atoms with van der Waals surface area (Å²) in [6.07, 6.45) is 2.99. The fourth-order valence-corrected chi connectivity index (χ4v) is 1.15. The molecule has 1 aromatic rings. The topological polar surface area (TPSA) is 26.5 Å². The van der Waals surface area contributed by atoms with Crippen LogP contribution in [0.2, 0.25) is 5.02 Å². The molecule has 0 N–H and O–H groups in total. The van der Waals surface area contributed by atoms with Crippen molar-refractivity contribution in [2.45, 2.75) is 0 Å². The number of hydrogen-bond acceptors (Lipinski definition) is 1. The molecule has 0 saturated carbocycles. The lowest BCUT2D eigenvalue weighted by atomic mass is 10.2. The van der Waals surface area contributed by atoms with E-state index in [4.69, 9.17) is 11.6 Å².